The maximum atomic E-state index is 5.50. The first-order chi connectivity index (χ1) is 10.3. The highest BCUT2D eigenvalue weighted by atomic mass is 79.9. The summed E-state index contributed by atoms with van der Waals surface area (Å²) >= 11 is 3.42. The maximum absolute atomic E-state index is 5.50. The van der Waals surface area contributed by atoms with Gasteiger partial charge in [-0.1, -0.05) is 19.1 Å². The molecule has 0 aliphatic carbocycles. The summed E-state index contributed by atoms with van der Waals surface area (Å²) in [6.45, 7) is 3.02. The van der Waals surface area contributed by atoms with Gasteiger partial charge < -0.3 is 14.8 Å². The number of anilines is 1. The molecule has 1 aromatic carbocycles. The molecule has 1 aromatic heterocycles. The van der Waals surface area contributed by atoms with Crippen LogP contribution < -0.4 is 14.8 Å². The second-order valence-electron chi connectivity index (χ2n) is 4.75. The number of ether oxygens (including phenoxy) is 2. The largest absolute Gasteiger partial charge is 0.454 e. The lowest BCUT2D eigenvalue weighted by atomic mass is 10.2. The van der Waals surface area contributed by atoms with Crippen molar-refractivity contribution in [3.05, 3.63) is 40.3 Å². The van der Waals surface area contributed by atoms with E-state index in [1.165, 1.54) is 0 Å². The molecular weight excluding hydrogens is 334 g/mol. The minimum atomic E-state index is 0.284. The molecule has 0 bridgehead atoms. The molecule has 0 unspecified atom stereocenters. The van der Waals surface area contributed by atoms with Gasteiger partial charge in [0.05, 0.1) is 0 Å². The normalized spacial score (nSPS) is 12.5. The maximum Gasteiger partial charge on any atom is 0.231 e. The highest BCUT2D eigenvalue weighted by molar-refractivity contribution is 9.10. The average Bonchev–Trinajstić information content (AvgIpc) is 2.94. The quantitative estimate of drug-likeness (QED) is 0.836. The molecule has 3 rings (SSSR count). The van der Waals surface area contributed by atoms with Crippen molar-refractivity contribution in [3.63, 3.8) is 0 Å². The molecule has 2 aromatic rings. The van der Waals surface area contributed by atoms with Gasteiger partial charge in [-0.25, -0.2) is 9.97 Å². The fourth-order valence-corrected chi connectivity index (χ4v) is 2.63. The second kappa shape index (κ2) is 6.30. The Labute approximate surface area is 131 Å². The van der Waals surface area contributed by atoms with Crippen LogP contribution in [0.3, 0.4) is 0 Å². The number of nitrogens with one attached hydrogen (secondary N) is 1. The number of rotatable bonds is 5. The molecule has 1 aliphatic heterocycles. The number of hydrogen-bond donors (Lipinski definition) is 1. The van der Waals surface area contributed by atoms with Crippen molar-refractivity contribution < 1.29 is 9.47 Å². The Bertz CT molecular complexity index is 649. The van der Waals surface area contributed by atoms with Gasteiger partial charge in [-0.3, -0.25) is 0 Å². The van der Waals surface area contributed by atoms with E-state index in [1.54, 1.807) is 0 Å². The number of benzene rings is 1. The van der Waals surface area contributed by atoms with E-state index < -0.39 is 0 Å². The zero-order valence-electron chi connectivity index (χ0n) is 11.7. The van der Waals surface area contributed by atoms with Crippen LogP contribution in [0.1, 0.15) is 24.7 Å². The van der Waals surface area contributed by atoms with Crippen LogP contribution in [0.2, 0.25) is 0 Å². The smallest absolute Gasteiger partial charge is 0.231 e. The highest BCUT2D eigenvalue weighted by Gasteiger charge is 2.16. The van der Waals surface area contributed by atoms with E-state index in [4.69, 9.17) is 9.47 Å². The Morgan fingerprint density at radius 1 is 1.29 bits per heavy atom. The highest BCUT2D eigenvalue weighted by Crippen LogP contribution is 2.35. The Kier molecular flexibility index (Phi) is 4.24. The van der Waals surface area contributed by atoms with Crippen molar-refractivity contribution in [3.8, 4) is 11.5 Å². The van der Waals surface area contributed by atoms with Crippen molar-refractivity contribution in [2.75, 3.05) is 12.1 Å². The summed E-state index contributed by atoms with van der Waals surface area (Å²) < 4.78 is 11.7. The van der Waals surface area contributed by atoms with Crippen LogP contribution in [-0.4, -0.2) is 16.8 Å². The molecule has 0 saturated carbocycles. The van der Waals surface area contributed by atoms with Crippen molar-refractivity contribution >= 4 is 21.7 Å². The fourth-order valence-electron chi connectivity index (χ4n) is 2.21. The Morgan fingerprint density at radius 3 is 3.05 bits per heavy atom. The van der Waals surface area contributed by atoms with Crippen molar-refractivity contribution in [1.29, 1.82) is 0 Å². The summed E-state index contributed by atoms with van der Waals surface area (Å²) in [5.74, 6) is 3.25. The average molecular weight is 350 g/mol. The molecule has 0 spiro atoms. The van der Waals surface area contributed by atoms with Crippen LogP contribution in [0.15, 0.2) is 28.9 Å². The number of halogens is 1. The molecule has 0 atom stereocenters. The number of aromatic nitrogens is 2. The topological polar surface area (TPSA) is 56.3 Å². The van der Waals surface area contributed by atoms with Gasteiger partial charge in [0.25, 0.3) is 0 Å². The number of nitrogens with zero attached hydrogens (tertiary/aromatic N) is 2. The summed E-state index contributed by atoms with van der Waals surface area (Å²) in [5.41, 5.74) is 1.05. The van der Waals surface area contributed by atoms with Crippen LogP contribution in [0, 0.1) is 0 Å². The molecule has 0 saturated heterocycles. The summed E-state index contributed by atoms with van der Waals surface area (Å²) in [5, 5.41) is 3.31. The number of fused-ring (bicyclic) bond motifs is 1. The third kappa shape index (κ3) is 3.26. The summed E-state index contributed by atoms with van der Waals surface area (Å²) in [7, 11) is 0. The standard InChI is InChI=1S/C15H16BrN3O2/c1-2-4-13-18-12(16)7-14(19-13)17-8-10-5-3-6-11-15(10)21-9-20-11/h3,5-7H,2,4,8-9H2,1H3,(H,17,18,19). The minimum absolute atomic E-state index is 0.284. The van der Waals surface area contributed by atoms with Crippen molar-refractivity contribution in [2.45, 2.75) is 26.3 Å². The third-order valence-corrected chi connectivity index (χ3v) is 3.56. The van der Waals surface area contributed by atoms with Crippen LogP contribution in [-0.2, 0) is 13.0 Å². The van der Waals surface area contributed by atoms with Crippen LogP contribution in [0.5, 0.6) is 11.5 Å². The molecule has 110 valence electrons. The SMILES string of the molecule is CCCc1nc(Br)cc(NCc2cccc3c2OCO3)n1. The Balaban J connectivity index is 1.75. The molecule has 1 aliphatic rings. The van der Waals surface area contributed by atoms with Gasteiger partial charge in [-0.2, -0.15) is 0 Å². The van der Waals surface area contributed by atoms with Gasteiger partial charge in [0, 0.05) is 24.6 Å². The first-order valence-electron chi connectivity index (χ1n) is 6.91. The van der Waals surface area contributed by atoms with Crippen LogP contribution >= 0.6 is 15.9 Å². The molecule has 5 nitrogen and oxygen atoms in total. The fraction of sp³-hybridized carbons (Fsp3) is 0.333. The van der Waals surface area contributed by atoms with Gasteiger partial charge in [0.15, 0.2) is 11.5 Å². The minimum Gasteiger partial charge on any atom is -0.454 e. The van der Waals surface area contributed by atoms with Crippen molar-refractivity contribution in [2.24, 2.45) is 0 Å². The molecule has 0 radical (unpaired) electrons. The zero-order chi connectivity index (χ0) is 14.7. The molecule has 6 heteroatoms. The predicted molar refractivity (Wildman–Crippen MR) is 83.6 cm³/mol. The molecule has 0 fully saturated rings. The van der Waals surface area contributed by atoms with E-state index >= 15 is 0 Å². The molecule has 21 heavy (non-hydrogen) atoms. The van der Waals surface area contributed by atoms with E-state index in [0.29, 0.717) is 6.54 Å². The van der Waals surface area contributed by atoms with E-state index in [1.807, 2.05) is 24.3 Å². The van der Waals surface area contributed by atoms with E-state index in [-0.39, 0.29) is 6.79 Å². The lowest BCUT2D eigenvalue weighted by Gasteiger charge is -2.09. The number of aryl methyl sites for hydroxylation is 1. The van der Waals surface area contributed by atoms with Crippen molar-refractivity contribution in [1.82, 2.24) is 9.97 Å². The summed E-state index contributed by atoms with van der Waals surface area (Å²) in [6, 6.07) is 7.76. The van der Waals surface area contributed by atoms with E-state index in [9.17, 15) is 0 Å². The molecule has 1 N–H and O–H groups in total. The first kappa shape index (κ1) is 14.1. The van der Waals surface area contributed by atoms with Crippen LogP contribution in [0.25, 0.3) is 0 Å². The van der Waals surface area contributed by atoms with E-state index in [2.05, 4.69) is 38.1 Å². The Hall–Kier alpha value is -1.82. The van der Waals surface area contributed by atoms with E-state index in [0.717, 1.165) is 46.1 Å². The molecule has 0 amide bonds. The number of para-hydroxylation sites is 1. The zero-order valence-corrected chi connectivity index (χ0v) is 13.3. The van der Waals surface area contributed by atoms with Crippen LogP contribution in [0.4, 0.5) is 5.82 Å². The lowest BCUT2D eigenvalue weighted by Crippen LogP contribution is -2.05. The monoisotopic (exact) mass is 349 g/mol. The van der Waals surface area contributed by atoms with Gasteiger partial charge in [-0.05, 0) is 28.4 Å². The first-order valence-corrected chi connectivity index (χ1v) is 7.70. The summed E-state index contributed by atoms with van der Waals surface area (Å²) in [6.07, 6.45) is 1.89. The van der Waals surface area contributed by atoms with Gasteiger partial charge in [-0.15, -0.1) is 0 Å². The Morgan fingerprint density at radius 2 is 2.19 bits per heavy atom. The third-order valence-electron chi connectivity index (χ3n) is 3.15. The lowest BCUT2D eigenvalue weighted by molar-refractivity contribution is 0.173. The number of hydrogen-bond acceptors (Lipinski definition) is 5. The van der Waals surface area contributed by atoms with Gasteiger partial charge in [0.1, 0.15) is 16.2 Å². The second-order valence-corrected chi connectivity index (χ2v) is 5.56. The molecular formula is C15H16BrN3O2. The van der Waals surface area contributed by atoms with Gasteiger partial charge in [0.2, 0.25) is 6.79 Å². The molecule has 2 heterocycles. The predicted octanol–water partition coefficient (Wildman–Crippen LogP) is 3.53. The van der Waals surface area contributed by atoms with Gasteiger partial charge >= 0.3 is 0 Å². The summed E-state index contributed by atoms with van der Waals surface area (Å²) in [4.78, 5) is 8.86.